The molecule has 0 fully saturated rings. The molecule has 1 amide bonds. The van der Waals surface area contributed by atoms with E-state index in [2.05, 4.69) is 52.1 Å². The maximum atomic E-state index is 13.2. The highest BCUT2D eigenvalue weighted by Crippen LogP contribution is 2.46. The van der Waals surface area contributed by atoms with Crippen LogP contribution in [-0.4, -0.2) is 18.5 Å². The molecule has 1 aromatic carbocycles. The van der Waals surface area contributed by atoms with Gasteiger partial charge in [-0.05, 0) is 103 Å². The van der Waals surface area contributed by atoms with E-state index in [0.29, 0.717) is 23.6 Å². The van der Waals surface area contributed by atoms with E-state index in [1.54, 1.807) is 13.0 Å². The van der Waals surface area contributed by atoms with Crippen molar-refractivity contribution < 1.29 is 18.7 Å². The van der Waals surface area contributed by atoms with Crippen molar-refractivity contribution in [2.45, 2.75) is 97.3 Å². The molecule has 2 aromatic heterocycles. The minimum atomic E-state index is -0.365. The zero-order valence-corrected chi connectivity index (χ0v) is 24.3. The topological polar surface area (TPSA) is 68.5 Å². The average molecular weight is 534 g/mol. The van der Waals surface area contributed by atoms with Gasteiger partial charge in [-0.2, -0.15) is 0 Å². The number of nitrogens with one attached hydrogen (secondary N) is 1. The summed E-state index contributed by atoms with van der Waals surface area (Å²) in [7, 11) is 0. The highest BCUT2D eigenvalue weighted by Gasteiger charge is 2.37. The molecule has 2 aliphatic rings. The van der Waals surface area contributed by atoms with E-state index in [1.807, 2.05) is 6.07 Å². The Hall–Kier alpha value is -2.86. The van der Waals surface area contributed by atoms with E-state index in [9.17, 15) is 9.59 Å². The van der Waals surface area contributed by atoms with Crippen LogP contribution in [-0.2, 0) is 34.8 Å². The smallest absolute Gasteiger partial charge is 0.341 e. The number of fused-ring (bicyclic) bond motifs is 2. The predicted octanol–water partition coefficient (Wildman–Crippen LogP) is 7.90. The third-order valence-electron chi connectivity index (χ3n) is 8.44. The molecular weight excluding hydrogens is 494 g/mol. The zero-order chi connectivity index (χ0) is 27.2. The lowest BCUT2D eigenvalue weighted by Gasteiger charge is -2.42. The molecule has 0 spiro atoms. The van der Waals surface area contributed by atoms with Crippen LogP contribution in [0.15, 0.2) is 28.7 Å². The Morgan fingerprint density at radius 3 is 2.42 bits per heavy atom. The van der Waals surface area contributed by atoms with Gasteiger partial charge >= 0.3 is 5.97 Å². The number of benzene rings is 1. The Kier molecular flexibility index (Phi) is 7.06. The fourth-order valence-corrected chi connectivity index (χ4v) is 7.25. The Balaban J connectivity index is 1.38. The van der Waals surface area contributed by atoms with Crippen molar-refractivity contribution in [3.05, 3.63) is 74.0 Å². The minimum Gasteiger partial charge on any atom is -0.462 e. The van der Waals surface area contributed by atoms with Crippen LogP contribution in [0.25, 0.3) is 0 Å². The predicted molar refractivity (Wildman–Crippen MR) is 153 cm³/mol. The van der Waals surface area contributed by atoms with Crippen LogP contribution in [0.2, 0.25) is 0 Å². The largest absolute Gasteiger partial charge is 0.462 e. The first-order chi connectivity index (χ1) is 18.0. The van der Waals surface area contributed by atoms with Crippen molar-refractivity contribution in [1.82, 2.24) is 0 Å². The highest BCUT2D eigenvalue weighted by atomic mass is 32.1. The van der Waals surface area contributed by atoms with Gasteiger partial charge in [0.25, 0.3) is 5.91 Å². The monoisotopic (exact) mass is 533 g/mol. The maximum Gasteiger partial charge on any atom is 0.341 e. The molecule has 1 N–H and O–H groups in total. The quantitative estimate of drug-likeness (QED) is 0.327. The molecular formula is C32H39NO4S. The average Bonchev–Trinajstić information content (AvgIpc) is 3.47. The van der Waals surface area contributed by atoms with Gasteiger partial charge in [0, 0.05) is 11.3 Å². The third-order valence-corrected chi connectivity index (χ3v) is 9.64. The first-order valence-corrected chi connectivity index (χ1v) is 14.7. The number of aryl methyl sites for hydroxylation is 2. The summed E-state index contributed by atoms with van der Waals surface area (Å²) in [6.07, 6.45) is 6.90. The summed E-state index contributed by atoms with van der Waals surface area (Å²) >= 11 is 1.49. The van der Waals surface area contributed by atoms with Crippen molar-refractivity contribution >= 4 is 28.2 Å². The van der Waals surface area contributed by atoms with Crippen LogP contribution >= 0.6 is 11.3 Å². The van der Waals surface area contributed by atoms with E-state index < -0.39 is 0 Å². The second kappa shape index (κ2) is 10.0. The number of amides is 1. The summed E-state index contributed by atoms with van der Waals surface area (Å²) < 4.78 is 11.4. The first kappa shape index (κ1) is 26.7. The fourth-order valence-electron chi connectivity index (χ4n) is 5.98. The molecule has 2 aliphatic carbocycles. The van der Waals surface area contributed by atoms with E-state index in [1.165, 1.54) is 51.3 Å². The van der Waals surface area contributed by atoms with Crippen molar-refractivity contribution in [1.29, 1.82) is 0 Å². The lowest BCUT2D eigenvalue weighted by atomic mass is 9.62. The number of anilines is 1. The Labute approximate surface area is 230 Å². The molecule has 0 radical (unpaired) electrons. The lowest BCUT2D eigenvalue weighted by Crippen LogP contribution is -2.34. The van der Waals surface area contributed by atoms with Crippen molar-refractivity contribution in [2.75, 3.05) is 11.9 Å². The van der Waals surface area contributed by atoms with Gasteiger partial charge in [0.2, 0.25) is 0 Å². The molecule has 6 heteroatoms. The van der Waals surface area contributed by atoms with Crippen molar-refractivity contribution in [3.8, 4) is 0 Å². The van der Waals surface area contributed by atoms with E-state index in [4.69, 9.17) is 9.15 Å². The fraction of sp³-hybridized carbons (Fsp3) is 0.500. The minimum absolute atomic E-state index is 0.137. The summed E-state index contributed by atoms with van der Waals surface area (Å²) in [5.41, 5.74) is 7.21. The van der Waals surface area contributed by atoms with Crippen LogP contribution in [0.5, 0.6) is 0 Å². The Morgan fingerprint density at radius 1 is 1.03 bits per heavy atom. The van der Waals surface area contributed by atoms with E-state index in [-0.39, 0.29) is 28.5 Å². The summed E-state index contributed by atoms with van der Waals surface area (Å²) in [6, 6.07) is 8.32. The molecule has 38 heavy (non-hydrogen) atoms. The first-order valence-electron chi connectivity index (χ1n) is 13.9. The number of hydrogen-bond donors (Lipinski definition) is 1. The number of furan rings is 1. The van der Waals surface area contributed by atoms with Gasteiger partial charge in [-0.15, -0.1) is 11.3 Å². The van der Waals surface area contributed by atoms with Gasteiger partial charge in [0.1, 0.15) is 10.8 Å². The summed E-state index contributed by atoms with van der Waals surface area (Å²) in [5.74, 6) is 0.294. The number of thiophene rings is 1. The van der Waals surface area contributed by atoms with Crippen molar-refractivity contribution in [3.63, 3.8) is 0 Å². The van der Waals surface area contributed by atoms with Gasteiger partial charge in [-0.1, -0.05) is 39.8 Å². The lowest BCUT2D eigenvalue weighted by molar-refractivity contribution is 0.0526. The molecule has 0 saturated heterocycles. The Bertz CT molecular complexity index is 1390. The second-order valence-corrected chi connectivity index (χ2v) is 13.2. The standard InChI is InChI=1S/C32H39NO4S/c1-7-36-30(35)27-22-10-8-9-11-26(22)38-29(27)33-28(34)25-13-12-21(37-25)17-20-18-24-23(16-19(20)2)31(3,4)14-15-32(24,5)6/h12-13,16,18H,7-11,14-15,17H2,1-6H3,(H,33,34). The number of hydrogen-bond acceptors (Lipinski definition) is 5. The molecule has 5 rings (SSSR count). The molecule has 0 unspecified atom stereocenters. The normalized spacial score (nSPS) is 17.4. The molecule has 0 bridgehead atoms. The number of rotatable bonds is 6. The van der Waals surface area contributed by atoms with Crippen LogP contribution in [0.4, 0.5) is 5.00 Å². The maximum absolute atomic E-state index is 13.2. The molecule has 5 nitrogen and oxygen atoms in total. The third kappa shape index (κ3) is 4.95. The van der Waals surface area contributed by atoms with Crippen LogP contribution in [0.1, 0.15) is 120 Å². The summed E-state index contributed by atoms with van der Waals surface area (Å²) in [6.45, 7) is 13.6. The van der Waals surface area contributed by atoms with Crippen LogP contribution in [0.3, 0.4) is 0 Å². The van der Waals surface area contributed by atoms with Gasteiger partial charge in [-0.25, -0.2) is 4.79 Å². The van der Waals surface area contributed by atoms with E-state index in [0.717, 1.165) is 37.0 Å². The number of carbonyl (C=O) groups excluding carboxylic acids is 2. The summed E-state index contributed by atoms with van der Waals surface area (Å²) in [4.78, 5) is 27.1. The van der Waals surface area contributed by atoms with Crippen molar-refractivity contribution in [2.24, 2.45) is 0 Å². The van der Waals surface area contributed by atoms with Gasteiger partial charge in [-0.3, -0.25) is 4.79 Å². The van der Waals surface area contributed by atoms with Gasteiger partial charge in [0.15, 0.2) is 5.76 Å². The van der Waals surface area contributed by atoms with Gasteiger partial charge in [0.05, 0.1) is 12.2 Å². The molecule has 202 valence electrons. The SMILES string of the molecule is CCOC(=O)c1c(NC(=O)c2ccc(Cc3cc4c(cc3C)C(C)(C)CCC4(C)C)o2)sc2c1CCCC2. The van der Waals surface area contributed by atoms with E-state index >= 15 is 0 Å². The molecule has 3 aromatic rings. The molecule has 0 saturated carbocycles. The van der Waals surface area contributed by atoms with Crippen LogP contribution < -0.4 is 5.32 Å². The molecule has 0 aliphatic heterocycles. The zero-order valence-electron chi connectivity index (χ0n) is 23.5. The number of ether oxygens (including phenoxy) is 1. The van der Waals surface area contributed by atoms with Gasteiger partial charge < -0.3 is 14.5 Å². The number of carbonyl (C=O) groups is 2. The summed E-state index contributed by atoms with van der Waals surface area (Å²) in [5, 5.41) is 3.52. The molecule has 0 atom stereocenters. The highest BCUT2D eigenvalue weighted by molar-refractivity contribution is 7.17. The number of esters is 1. The Morgan fingerprint density at radius 2 is 1.71 bits per heavy atom. The van der Waals surface area contributed by atoms with Crippen LogP contribution in [0, 0.1) is 6.92 Å². The second-order valence-electron chi connectivity index (χ2n) is 12.1. The molecule has 2 heterocycles.